The van der Waals surface area contributed by atoms with Gasteiger partial charge in [-0.1, -0.05) is 25.1 Å². The van der Waals surface area contributed by atoms with E-state index in [1.807, 2.05) is 0 Å². The van der Waals surface area contributed by atoms with Gasteiger partial charge in [-0.05, 0) is 35.4 Å². The number of alkyl halides is 3. The molecule has 0 radical (unpaired) electrons. The highest BCUT2D eigenvalue weighted by atomic mass is 19.3. The number of carbonyl (C=O) groups is 2. The maximum absolute atomic E-state index is 14.5. The lowest BCUT2D eigenvalue weighted by Gasteiger charge is -2.25. The van der Waals surface area contributed by atoms with Crippen molar-refractivity contribution in [2.24, 2.45) is 10.7 Å². The third-order valence-electron chi connectivity index (χ3n) is 5.95. The molecule has 0 unspecified atom stereocenters. The Morgan fingerprint density at radius 1 is 1.17 bits per heavy atom. The Labute approximate surface area is 197 Å². The number of hydrogen-bond acceptors (Lipinski definition) is 5. The minimum absolute atomic E-state index is 0.108. The lowest BCUT2D eigenvalue weighted by molar-refractivity contribution is -0.129. The van der Waals surface area contributed by atoms with Crippen LogP contribution in [0.15, 0.2) is 59.9 Å². The van der Waals surface area contributed by atoms with Gasteiger partial charge in [0.2, 0.25) is 5.95 Å². The predicted octanol–water partition coefficient (Wildman–Crippen LogP) is 3.83. The van der Waals surface area contributed by atoms with Crippen molar-refractivity contribution >= 4 is 17.6 Å². The van der Waals surface area contributed by atoms with Gasteiger partial charge in [-0.3, -0.25) is 19.1 Å². The molecule has 0 fully saturated rings. The highest BCUT2D eigenvalue weighted by Gasteiger charge is 2.51. The fraction of sp³-hybridized carbons (Fsp3) is 0.250. The number of carbonyl (C=O) groups excluding carboxylic acids is 2. The van der Waals surface area contributed by atoms with Crippen molar-refractivity contribution in [2.45, 2.75) is 24.9 Å². The van der Waals surface area contributed by atoms with Crippen LogP contribution in [0.3, 0.4) is 0 Å². The zero-order valence-electron chi connectivity index (χ0n) is 18.8. The monoisotopic (exact) mass is 487 g/mol. The summed E-state index contributed by atoms with van der Waals surface area (Å²) < 4.78 is 56.8. The Morgan fingerprint density at radius 3 is 2.51 bits per heavy atom. The van der Waals surface area contributed by atoms with Crippen molar-refractivity contribution < 1.29 is 27.2 Å². The molecular formula is C24H21F4N5O2. The number of rotatable bonds is 7. The lowest BCUT2D eigenvalue weighted by Crippen LogP contribution is -2.41. The maximum Gasteiger partial charge on any atom is 0.357 e. The van der Waals surface area contributed by atoms with Crippen LogP contribution in [0, 0.1) is 5.95 Å². The van der Waals surface area contributed by atoms with Crippen molar-refractivity contribution in [2.75, 3.05) is 13.7 Å². The van der Waals surface area contributed by atoms with Crippen molar-refractivity contribution in [3.63, 3.8) is 0 Å². The minimum Gasteiger partial charge on any atom is -0.369 e. The van der Waals surface area contributed by atoms with E-state index in [0.717, 1.165) is 17.2 Å². The highest BCUT2D eigenvalue weighted by molar-refractivity contribution is 6.09. The summed E-state index contributed by atoms with van der Waals surface area (Å²) in [6.45, 7) is -0.591. The summed E-state index contributed by atoms with van der Waals surface area (Å²) in [7, 11) is 1.36. The van der Waals surface area contributed by atoms with E-state index in [2.05, 4.69) is 9.98 Å². The molecule has 0 aliphatic carbocycles. The summed E-state index contributed by atoms with van der Waals surface area (Å²) >= 11 is 0. The minimum atomic E-state index is -4.04. The molecule has 3 aromatic rings. The normalized spacial score (nSPS) is 18.2. The van der Waals surface area contributed by atoms with Gasteiger partial charge in [0.1, 0.15) is 0 Å². The van der Waals surface area contributed by atoms with E-state index in [0.29, 0.717) is 5.56 Å². The van der Waals surface area contributed by atoms with E-state index in [9.17, 15) is 27.2 Å². The first kappa shape index (κ1) is 24.1. The van der Waals surface area contributed by atoms with Crippen LogP contribution in [-0.4, -0.2) is 45.8 Å². The smallest absolute Gasteiger partial charge is 0.357 e. The first-order valence-corrected chi connectivity index (χ1v) is 10.6. The molecule has 1 aromatic carbocycles. The van der Waals surface area contributed by atoms with Gasteiger partial charge in [-0.2, -0.15) is 13.2 Å². The van der Waals surface area contributed by atoms with Gasteiger partial charge in [-0.15, -0.1) is 0 Å². The number of ketones is 1. The summed E-state index contributed by atoms with van der Waals surface area (Å²) in [6, 6.07) is 6.20. The van der Waals surface area contributed by atoms with Gasteiger partial charge >= 0.3 is 6.05 Å². The highest BCUT2D eigenvalue weighted by Crippen LogP contribution is 2.42. The maximum atomic E-state index is 14.5. The summed E-state index contributed by atoms with van der Waals surface area (Å²) in [5.41, 5.74) is 4.07. The molecule has 0 spiro atoms. The van der Waals surface area contributed by atoms with Crippen LogP contribution < -0.4 is 5.73 Å². The molecule has 0 saturated heterocycles. The molecule has 11 heteroatoms. The number of aromatic nitrogens is 2. The molecule has 182 valence electrons. The number of likely N-dealkylation sites (N-methyl/N-ethyl adjacent to an activating group) is 1. The average molecular weight is 487 g/mol. The number of Topliss-reactive ketones (excluding diaryl/α,β-unsaturated/α-hetero) is 1. The molecule has 3 heterocycles. The van der Waals surface area contributed by atoms with Crippen molar-refractivity contribution in [3.8, 4) is 11.1 Å². The van der Waals surface area contributed by atoms with Crippen LogP contribution in [0.25, 0.3) is 11.1 Å². The third kappa shape index (κ3) is 3.76. The second-order valence-corrected chi connectivity index (χ2v) is 8.03. The number of hydrogen-bond donors (Lipinski definition) is 1. The first-order chi connectivity index (χ1) is 16.6. The average Bonchev–Trinajstić information content (AvgIpc) is 3.41. The van der Waals surface area contributed by atoms with Crippen LogP contribution in [0.2, 0.25) is 0 Å². The fourth-order valence-corrected chi connectivity index (χ4v) is 4.09. The molecule has 1 atom stereocenters. The molecule has 2 aromatic heterocycles. The number of amides is 1. The second kappa shape index (κ2) is 8.64. The van der Waals surface area contributed by atoms with Crippen LogP contribution in [0.5, 0.6) is 0 Å². The van der Waals surface area contributed by atoms with E-state index in [4.69, 9.17) is 5.73 Å². The SMILES string of the molecule is CCC(=O)c1cc([C@]2(c3cccc(-c4cccnc4F)c3)N=C(N)N(C)C2=O)cn1C(F)(F)CF. The fourth-order valence-electron chi connectivity index (χ4n) is 4.09. The molecule has 4 rings (SSSR count). The molecule has 2 N–H and O–H groups in total. The van der Waals surface area contributed by atoms with Crippen molar-refractivity contribution in [1.82, 2.24) is 14.5 Å². The van der Waals surface area contributed by atoms with Gasteiger partial charge in [-0.25, -0.2) is 14.4 Å². The van der Waals surface area contributed by atoms with E-state index < -0.39 is 41.6 Å². The molecule has 0 bridgehead atoms. The van der Waals surface area contributed by atoms with Gasteiger partial charge < -0.3 is 5.73 Å². The van der Waals surface area contributed by atoms with E-state index >= 15 is 0 Å². The van der Waals surface area contributed by atoms with Gasteiger partial charge in [0.05, 0.1) is 5.69 Å². The van der Waals surface area contributed by atoms with Crippen LogP contribution in [0.4, 0.5) is 17.6 Å². The lowest BCUT2D eigenvalue weighted by atomic mass is 9.83. The zero-order valence-corrected chi connectivity index (χ0v) is 18.8. The molecule has 1 aliphatic rings. The van der Waals surface area contributed by atoms with Gasteiger partial charge in [0.15, 0.2) is 24.0 Å². The van der Waals surface area contributed by atoms with E-state index in [-0.39, 0.29) is 33.6 Å². The molecule has 7 nitrogen and oxygen atoms in total. The van der Waals surface area contributed by atoms with Crippen LogP contribution in [0.1, 0.15) is 35.0 Å². The van der Waals surface area contributed by atoms with Crippen molar-refractivity contribution in [1.29, 1.82) is 0 Å². The number of nitrogens with two attached hydrogens (primary N) is 1. The summed E-state index contributed by atoms with van der Waals surface area (Å²) in [5.74, 6) is -2.31. The summed E-state index contributed by atoms with van der Waals surface area (Å²) in [6.07, 6.45) is 1.99. The Hall–Kier alpha value is -4.02. The summed E-state index contributed by atoms with van der Waals surface area (Å²) in [5, 5.41) is 0. The van der Waals surface area contributed by atoms with E-state index in [1.54, 1.807) is 12.1 Å². The Morgan fingerprint density at radius 2 is 1.91 bits per heavy atom. The molecule has 0 saturated carbocycles. The Bertz CT molecular complexity index is 1350. The van der Waals surface area contributed by atoms with Crippen LogP contribution in [-0.2, 0) is 16.4 Å². The number of halogens is 4. The first-order valence-electron chi connectivity index (χ1n) is 10.6. The Balaban J connectivity index is 2.00. The number of aliphatic imine (C=N–C) groups is 1. The van der Waals surface area contributed by atoms with Gasteiger partial charge in [0, 0.05) is 37.0 Å². The third-order valence-corrected chi connectivity index (χ3v) is 5.95. The molecule has 35 heavy (non-hydrogen) atoms. The largest absolute Gasteiger partial charge is 0.369 e. The number of guanidine groups is 1. The summed E-state index contributed by atoms with van der Waals surface area (Å²) in [4.78, 5) is 35.0. The standard InChI is InChI=1S/C24H21F4N5O2/c1-3-19(34)18-11-16(12-33(18)23(27,28)13-25)24(21(35)32(2)22(29)31-24)15-7-4-6-14(10-15)17-8-5-9-30-20(17)26/h4-12H,3,13H2,1-2H3,(H2,29,31)/t24-/m0/s1. The number of nitrogens with zero attached hydrogens (tertiary/aromatic N) is 4. The number of benzene rings is 1. The zero-order chi connectivity index (χ0) is 25.5. The topological polar surface area (TPSA) is 93.6 Å². The van der Waals surface area contributed by atoms with Gasteiger partial charge in [0.25, 0.3) is 5.91 Å². The van der Waals surface area contributed by atoms with Crippen molar-refractivity contribution in [3.05, 3.63) is 77.6 Å². The quantitative estimate of drug-likeness (QED) is 0.311. The number of pyridine rings is 1. The predicted molar refractivity (Wildman–Crippen MR) is 120 cm³/mol. The van der Waals surface area contributed by atoms with Crippen LogP contribution >= 0.6 is 0 Å². The molecule has 1 amide bonds. The van der Waals surface area contributed by atoms with E-state index in [1.165, 1.54) is 44.4 Å². The Kier molecular flexibility index (Phi) is 5.95. The molecule has 1 aliphatic heterocycles. The molecular weight excluding hydrogens is 466 g/mol. The second-order valence-electron chi connectivity index (χ2n) is 8.03.